The Hall–Kier alpha value is -2.13. The lowest BCUT2D eigenvalue weighted by Crippen LogP contribution is -3.15. The summed E-state index contributed by atoms with van der Waals surface area (Å²) in [7, 11) is 0. The van der Waals surface area contributed by atoms with Crippen LogP contribution in [-0.2, 0) is 4.79 Å². The summed E-state index contributed by atoms with van der Waals surface area (Å²) in [5.74, 6) is 1.53. The first-order valence-corrected chi connectivity index (χ1v) is 9.34. The van der Waals surface area contributed by atoms with Gasteiger partial charge in [-0.2, -0.15) is 0 Å². The maximum absolute atomic E-state index is 12.7. The van der Waals surface area contributed by atoms with Crippen LogP contribution in [0.1, 0.15) is 37.4 Å². The quantitative estimate of drug-likeness (QED) is 0.863. The van der Waals surface area contributed by atoms with Gasteiger partial charge >= 0.3 is 0 Å². The van der Waals surface area contributed by atoms with E-state index in [-0.39, 0.29) is 11.9 Å². The fourth-order valence-electron chi connectivity index (χ4n) is 4.16. The average Bonchev–Trinajstić information content (AvgIpc) is 2.60. The summed E-state index contributed by atoms with van der Waals surface area (Å²) in [5.41, 5.74) is 2.25. The number of quaternary nitrogens is 1. The van der Waals surface area contributed by atoms with Gasteiger partial charge in [-0.05, 0) is 17.5 Å². The average molecular weight is 337 g/mol. The molecule has 1 fully saturated rings. The standard InChI is InChI=1S/C22H28N2O/c1-17-13-18(2)15-24(14-17)16-21(25)23-22(19-9-5-3-6-10-19)20-11-7-4-8-12-20/h3-12,17-18,22H,13-16H2,1-2H3,(H,23,25)/p+1/t17-,18-/m0/s1. The molecule has 0 saturated carbocycles. The highest BCUT2D eigenvalue weighted by atomic mass is 16.2. The molecule has 132 valence electrons. The van der Waals surface area contributed by atoms with Crippen LogP contribution in [0, 0.1) is 11.8 Å². The number of piperidine rings is 1. The van der Waals surface area contributed by atoms with E-state index in [0.717, 1.165) is 24.2 Å². The predicted molar refractivity (Wildman–Crippen MR) is 101 cm³/mol. The first-order chi connectivity index (χ1) is 12.1. The van der Waals surface area contributed by atoms with Crippen LogP contribution >= 0.6 is 0 Å². The topological polar surface area (TPSA) is 33.5 Å². The van der Waals surface area contributed by atoms with E-state index in [1.165, 1.54) is 11.3 Å². The molecule has 3 nitrogen and oxygen atoms in total. The molecule has 2 atom stereocenters. The van der Waals surface area contributed by atoms with Gasteiger partial charge in [0.1, 0.15) is 0 Å². The van der Waals surface area contributed by atoms with Gasteiger partial charge in [-0.25, -0.2) is 0 Å². The first-order valence-electron chi connectivity index (χ1n) is 9.34. The van der Waals surface area contributed by atoms with Crippen molar-refractivity contribution in [3.05, 3.63) is 71.8 Å². The van der Waals surface area contributed by atoms with Crippen LogP contribution in [0.25, 0.3) is 0 Å². The van der Waals surface area contributed by atoms with Crippen molar-refractivity contribution < 1.29 is 9.69 Å². The van der Waals surface area contributed by atoms with Crippen LogP contribution in [-0.4, -0.2) is 25.5 Å². The monoisotopic (exact) mass is 337 g/mol. The van der Waals surface area contributed by atoms with E-state index < -0.39 is 0 Å². The number of nitrogens with one attached hydrogen (secondary N) is 2. The van der Waals surface area contributed by atoms with E-state index >= 15 is 0 Å². The van der Waals surface area contributed by atoms with E-state index in [4.69, 9.17) is 0 Å². The van der Waals surface area contributed by atoms with Gasteiger partial charge in [0.25, 0.3) is 5.91 Å². The number of carbonyl (C=O) groups is 1. The molecule has 0 aromatic heterocycles. The Kier molecular flexibility index (Phi) is 5.87. The minimum absolute atomic E-state index is 0.0889. The van der Waals surface area contributed by atoms with Crippen LogP contribution in [0.5, 0.6) is 0 Å². The second-order valence-electron chi connectivity index (χ2n) is 7.60. The van der Waals surface area contributed by atoms with Crippen LogP contribution in [0.4, 0.5) is 0 Å². The molecule has 25 heavy (non-hydrogen) atoms. The summed E-state index contributed by atoms with van der Waals surface area (Å²) in [4.78, 5) is 14.2. The van der Waals surface area contributed by atoms with Gasteiger partial charge in [0.15, 0.2) is 6.54 Å². The molecule has 2 N–H and O–H groups in total. The number of likely N-dealkylation sites (tertiary alicyclic amines) is 1. The van der Waals surface area contributed by atoms with E-state index in [9.17, 15) is 4.79 Å². The SMILES string of the molecule is C[C@H]1C[C@H](C)C[NH+](CC(=O)NC(c2ccccc2)c2ccccc2)C1. The van der Waals surface area contributed by atoms with Crippen LogP contribution in [0.2, 0.25) is 0 Å². The normalized spacial score (nSPS) is 23.4. The Morgan fingerprint density at radius 3 is 1.92 bits per heavy atom. The Bertz CT molecular complexity index is 621. The number of hydrogen-bond acceptors (Lipinski definition) is 1. The highest BCUT2D eigenvalue weighted by molar-refractivity contribution is 5.78. The Labute approximate surface area is 151 Å². The number of amides is 1. The number of benzene rings is 2. The number of carbonyl (C=O) groups excluding carboxylic acids is 1. The van der Waals surface area contributed by atoms with Crippen LogP contribution < -0.4 is 10.2 Å². The molecule has 1 saturated heterocycles. The molecule has 1 aliphatic rings. The van der Waals surface area contributed by atoms with Crippen LogP contribution in [0.3, 0.4) is 0 Å². The van der Waals surface area contributed by atoms with Gasteiger partial charge in [0, 0.05) is 11.8 Å². The van der Waals surface area contributed by atoms with Crippen molar-refractivity contribution in [1.82, 2.24) is 5.32 Å². The Morgan fingerprint density at radius 1 is 0.960 bits per heavy atom. The predicted octanol–water partition coefficient (Wildman–Crippen LogP) is 2.45. The summed E-state index contributed by atoms with van der Waals surface area (Å²) in [6, 6.07) is 20.3. The van der Waals surface area contributed by atoms with Gasteiger partial charge in [0.2, 0.25) is 0 Å². The van der Waals surface area contributed by atoms with E-state index in [1.807, 2.05) is 36.4 Å². The van der Waals surface area contributed by atoms with Gasteiger partial charge in [0.05, 0.1) is 19.1 Å². The zero-order valence-electron chi connectivity index (χ0n) is 15.2. The lowest BCUT2D eigenvalue weighted by atomic mass is 9.92. The third-order valence-corrected chi connectivity index (χ3v) is 5.06. The van der Waals surface area contributed by atoms with Crippen molar-refractivity contribution in [2.75, 3.05) is 19.6 Å². The lowest BCUT2D eigenvalue weighted by Gasteiger charge is -2.32. The highest BCUT2D eigenvalue weighted by Crippen LogP contribution is 2.21. The summed E-state index contributed by atoms with van der Waals surface area (Å²) in [6.07, 6.45) is 1.28. The summed E-state index contributed by atoms with van der Waals surface area (Å²) in [6.45, 7) is 7.34. The zero-order valence-corrected chi connectivity index (χ0v) is 15.2. The van der Waals surface area contributed by atoms with Gasteiger partial charge in [-0.1, -0.05) is 74.5 Å². The number of rotatable bonds is 5. The fraction of sp³-hybridized carbons (Fsp3) is 0.409. The third kappa shape index (κ3) is 4.93. The van der Waals surface area contributed by atoms with Crippen molar-refractivity contribution in [2.24, 2.45) is 11.8 Å². The van der Waals surface area contributed by atoms with E-state index in [2.05, 4.69) is 43.4 Å². The minimum Gasteiger partial charge on any atom is -0.340 e. The Morgan fingerprint density at radius 2 is 1.44 bits per heavy atom. The molecule has 1 heterocycles. The van der Waals surface area contributed by atoms with Crippen molar-refractivity contribution in [1.29, 1.82) is 0 Å². The molecule has 0 unspecified atom stereocenters. The summed E-state index contributed by atoms with van der Waals surface area (Å²) < 4.78 is 0. The highest BCUT2D eigenvalue weighted by Gasteiger charge is 2.27. The van der Waals surface area contributed by atoms with E-state index in [1.54, 1.807) is 0 Å². The summed E-state index contributed by atoms with van der Waals surface area (Å²) >= 11 is 0. The van der Waals surface area contributed by atoms with Crippen molar-refractivity contribution >= 4 is 5.91 Å². The molecular formula is C22H29N2O+. The molecule has 0 radical (unpaired) electrons. The molecule has 2 aromatic carbocycles. The molecule has 1 aliphatic heterocycles. The zero-order chi connectivity index (χ0) is 17.6. The number of hydrogen-bond donors (Lipinski definition) is 2. The second kappa shape index (κ2) is 8.30. The molecule has 3 heteroatoms. The second-order valence-corrected chi connectivity index (χ2v) is 7.60. The van der Waals surface area contributed by atoms with Gasteiger partial charge in [-0.3, -0.25) is 4.79 Å². The molecule has 0 aliphatic carbocycles. The molecule has 0 bridgehead atoms. The summed E-state index contributed by atoms with van der Waals surface area (Å²) in [5, 5.41) is 3.27. The van der Waals surface area contributed by atoms with E-state index in [0.29, 0.717) is 18.4 Å². The van der Waals surface area contributed by atoms with Crippen LogP contribution in [0.15, 0.2) is 60.7 Å². The van der Waals surface area contributed by atoms with Crippen molar-refractivity contribution in [3.63, 3.8) is 0 Å². The fourth-order valence-corrected chi connectivity index (χ4v) is 4.16. The Balaban J connectivity index is 1.71. The minimum atomic E-state index is -0.0889. The maximum atomic E-state index is 12.7. The molecule has 0 spiro atoms. The lowest BCUT2D eigenvalue weighted by molar-refractivity contribution is -0.904. The first kappa shape index (κ1) is 17.7. The maximum Gasteiger partial charge on any atom is 0.275 e. The van der Waals surface area contributed by atoms with Gasteiger partial charge in [-0.15, -0.1) is 0 Å². The van der Waals surface area contributed by atoms with Crippen molar-refractivity contribution in [2.45, 2.75) is 26.3 Å². The smallest absolute Gasteiger partial charge is 0.275 e. The largest absolute Gasteiger partial charge is 0.340 e. The molecule has 1 amide bonds. The molecular weight excluding hydrogens is 308 g/mol. The third-order valence-electron chi connectivity index (χ3n) is 5.06. The molecule has 3 rings (SSSR count). The molecule has 2 aromatic rings. The van der Waals surface area contributed by atoms with Gasteiger partial charge < -0.3 is 10.2 Å². The van der Waals surface area contributed by atoms with Crippen molar-refractivity contribution in [3.8, 4) is 0 Å².